The van der Waals surface area contributed by atoms with E-state index in [1.807, 2.05) is 51.2 Å². The van der Waals surface area contributed by atoms with Gasteiger partial charge in [-0.05, 0) is 30.2 Å². The first kappa shape index (κ1) is 17.2. The summed E-state index contributed by atoms with van der Waals surface area (Å²) >= 11 is 6.10. The van der Waals surface area contributed by atoms with Gasteiger partial charge >= 0.3 is 0 Å². The van der Waals surface area contributed by atoms with Gasteiger partial charge in [0.25, 0.3) is 0 Å². The van der Waals surface area contributed by atoms with E-state index in [1.54, 1.807) is 0 Å². The van der Waals surface area contributed by atoms with Crippen LogP contribution in [0.25, 0.3) is 0 Å². The second-order valence-electron chi connectivity index (χ2n) is 4.38. The van der Waals surface area contributed by atoms with Crippen LogP contribution in [-0.2, 0) is 11.2 Å². The number of carbonyl (C=O) groups excluding carboxylic acids is 1. The number of benzene rings is 1. The number of hydrogen-bond acceptors (Lipinski definition) is 3. The van der Waals surface area contributed by atoms with Gasteiger partial charge in [0, 0.05) is 11.2 Å². The summed E-state index contributed by atoms with van der Waals surface area (Å²) in [5, 5.41) is 6.43. The number of rotatable bonds is 4. The highest BCUT2D eigenvalue weighted by Crippen LogP contribution is 2.17. The number of amides is 1. The van der Waals surface area contributed by atoms with Crippen LogP contribution in [0.3, 0.4) is 0 Å². The number of aryl methyl sites for hydroxylation is 1. The first-order chi connectivity index (χ1) is 10.1. The Hall–Kier alpha value is -1.81. The maximum Gasteiger partial charge on any atom is 0.224 e. The minimum absolute atomic E-state index is 0.0650. The van der Waals surface area contributed by atoms with Crippen molar-refractivity contribution in [1.82, 2.24) is 10.6 Å². The van der Waals surface area contributed by atoms with Crippen molar-refractivity contribution in [3.8, 4) is 0 Å². The van der Waals surface area contributed by atoms with Gasteiger partial charge in [0.2, 0.25) is 5.91 Å². The molecule has 0 fully saturated rings. The van der Waals surface area contributed by atoms with Crippen molar-refractivity contribution in [2.24, 2.45) is 4.99 Å². The molecule has 21 heavy (non-hydrogen) atoms. The highest BCUT2D eigenvalue weighted by Gasteiger charge is 2.08. The van der Waals surface area contributed by atoms with Crippen molar-refractivity contribution in [1.29, 1.82) is 0 Å². The van der Waals surface area contributed by atoms with Crippen LogP contribution in [0.5, 0.6) is 0 Å². The van der Waals surface area contributed by atoms with Gasteiger partial charge in [-0.2, -0.15) is 0 Å². The Bertz CT molecular complexity index is 538. The first-order valence-corrected chi connectivity index (χ1v) is 7.49. The Balaban J connectivity index is 0.00000106. The second kappa shape index (κ2) is 9.19. The van der Waals surface area contributed by atoms with Crippen molar-refractivity contribution in [3.63, 3.8) is 0 Å². The smallest absolute Gasteiger partial charge is 0.224 e. The number of hydrogen-bond donors (Lipinski definition) is 2. The van der Waals surface area contributed by atoms with E-state index >= 15 is 0 Å². The topological polar surface area (TPSA) is 53.5 Å². The third-order valence-electron chi connectivity index (χ3n) is 2.77. The fourth-order valence-corrected chi connectivity index (χ4v) is 2.04. The van der Waals surface area contributed by atoms with Gasteiger partial charge < -0.3 is 10.6 Å². The van der Waals surface area contributed by atoms with Crippen molar-refractivity contribution in [3.05, 3.63) is 46.6 Å². The zero-order valence-electron chi connectivity index (χ0n) is 12.7. The van der Waals surface area contributed by atoms with Crippen LogP contribution >= 0.6 is 11.6 Å². The normalized spacial score (nSPS) is 12.7. The molecule has 0 unspecified atom stereocenters. The van der Waals surface area contributed by atoms with Gasteiger partial charge in [0.15, 0.2) is 0 Å². The lowest BCUT2D eigenvalue weighted by Crippen LogP contribution is -2.36. The third-order valence-corrected chi connectivity index (χ3v) is 3.12. The Labute approximate surface area is 131 Å². The molecule has 0 radical (unpaired) electrons. The Morgan fingerprint density at radius 3 is 2.81 bits per heavy atom. The Morgan fingerprint density at radius 1 is 1.43 bits per heavy atom. The summed E-state index contributed by atoms with van der Waals surface area (Å²) in [6, 6.07) is 5.70. The van der Waals surface area contributed by atoms with Crippen LogP contribution in [0.2, 0.25) is 5.02 Å². The summed E-state index contributed by atoms with van der Waals surface area (Å²) in [7, 11) is 0. The SMILES string of the molecule is CC.Cc1ccc(CC(=O)NCC2=NCC=CN2)c(Cl)c1. The quantitative estimate of drug-likeness (QED) is 0.898. The van der Waals surface area contributed by atoms with E-state index < -0.39 is 0 Å². The summed E-state index contributed by atoms with van der Waals surface area (Å²) in [5.74, 6) is 0.704. The van der Waals surface area contributed by atoms with Crippen molar-refractivity contribution < 1.29 is 4.79 Å². The molecule has 0 spiro atoms. The van der Waals surface area contributed by atoms with Crippen LogP contribution in [0.1, 0.15) is 25.0 Å². The number of aliphatic imine (C=N–C) groups is 1. The molecule has 0 saturated carbocycles. The third kappa shape index (κ3) is 6.00. The predicted molar refractivity (Wildman–Crippen MR) is 88.8 cm³/mol. The molecule has 1 amide bonds. The van der Waals surface area contributed by atoms with E-state index in [0.717, 1.165) is 17.0 Å². The van der Waals surface area contributed by atoms with E-state index in [2.05, 4.69) is 15.6 Å². The van der Waals surface area contributed by atoms with Gasteiger partial charge in [-0.15, -0.1) is 0 Å². The van der Waals surface area contributed by atoms with Gasteiger partial charge in [0.05, 0.1) is 19.5 Å². The molecule has 0 bridgehead atoms. The van der Waals surface area contributed by atoms with Crippen molar-refractivity contribution in [2.75, 3.05) is 13.1 Å². The highest BCUT2D eigenvalue weighted by molar-refractivity contribution is 6.31. The molecular weight excluding hydrogens is 286 g/mol. The molecule has 5 heteroatoms. The molecule has 2 rings (SSSR count). The molecule has 4 nitrogen and oxygen atoms in total. The monoisotopic (exact) mass is 307 g/mol. The average Bonchev–Trinajstić information content (AvgIpc) is 2.51. The van der Waals surface area contributed by atoms with E-state index in [0.29, 0.717) is 18.1 Å². The minimum Gasteiger partial charge on any atom is -0.349 e. The van der Waals surface area contributed by atoms with E-state index in [9.17, 15) is 4.79 Å². The van der Waals surface area contributed by atoms with Gasteiger partial charge in [0.1, 0.15) is 5.84 Å². The van der Waals surface area contributed by atoms with Crippen LogP contribution in [0.4, 0.5) is 0 Å². The molecule has 1 aromatic rings. The standard InChI is InChI=1S/C14H16ClN3O.C2H6/c1-10-3-4-11(12(15)7-10)8-14(19)18-9-13-16-5-2-6-17-13;1-2/h2-5,7H,6,8-9H2,1H3,(H,16,17)(H,18,19);1-2H3. The fourth-order valence-electron chi connectivity index (χ4n) is 1.74. The zero-order chi connectivity index (χ0) is 15.7. The van der Waals surface area contributed by atoms with Crippen LogP contribution in [0, 0.1) is 6.92 Å². The number of nitrogens with one attached hydrogen (secondary N) is 2. The molecule has 0 aliphatic carbocycles. The summed E-state index contributed by atoms with van der Waals surface area (Å²) in [5.41, 5.74) is 1.92. The highest BCUT2D eigenvalue weighted by atomic mass is 35.5. The molecule has 0 aromatic heterocycles. The number of halogens is 1. The molecule has 114 valence electrons. The predicted octanol–water partition coefficient (Wildman–Crippen LogP) is 2.85. The first-order valence-electron chi connectivity index (χ1n) is 7.12. The van der Waals surface area contributed by atoms with Crippen molar-refractivity contribution >= 4 is 23.3 Å². The minimum atomic E-state index is -0.0650. The van der Waals surface area contributed by atoms with Gasteiger partial charge in [-0.25, -0.2) is 0 Å². The van der Waals surface area contributed by atoms with Crippen LogP contribution < -0.4 is 10.6 Å². The van der Waals surface area contributed by atoms with E-state index in [4.69, 9.17) is 11.6 Å². The summed E-state index contributed by atoms with van der Waals surface area (Å²) in [4.78, 5) is 16.0. The molecule has 0 atom stereocenters. The summed E-state index contributed by atoms with van der Waals surface area (Å²) in [6.07, 6.45) is 4.02. The largest absolute Gasteiger partial charge is 0.349 e. The Morgan fingerprint density at radius 2 is 2.19 bits per heavy atom. The van der Waals surface area contributed by atoms with E-state index in [1.165, 1.54) is 0 Å². The fraction of sp³-hybridized carbons (Fsp3) is 0.375. The molecule has 1 aliphatic rings. The maximum absolute atomic E-state index is 11.8. The van der Waals surface area contributed by atoms with Crippen LogP contribution in [0.15, 0.2) is 35.5 Å². The average molecular weight is 308 g/mol. The number of carbonyl (C=O) groups is 1. The molecule has 2 N–H and O–H groups in total. The lowest BCUT2D eigenvalue weighted by atomic mass is 10.1. The van der Waals surface area contributed by atoms with Gasteiger partial charge in [-0.3, -0.25) is 9.79 Å². The maximum atomic E-state index is 11.8. The lowest BCUT2D eigenvalue weighted by Gasteiger charge is -2.11. The molecule has 1 heterocycles. The number of amidine groups is 1. The van der Waals surface area contributed by atoms with Crippen molar-refractivity contribution in [2.45, 2.75) is 27.2 Å². The molecule has 1 aromatic carbocycles. The summed E-state index contributed by atoms with van der Waals surface area (Å²) < 4.78 is 0. The molecular formula is C16H22ClN3O. The van der Waals surface area contributed by atoms with Crippen LogP contribution in [-0.4, -0.2) is 24.8 Å². The summed E-state index contributed by atoms with van der Waals surface area (Å²) in [6.45, 7) is 7.03. The molecule has 0 saturated heterocycles. The second-order valence-corrected chi connectivity index (χ2v) is 4.79. The Kier molecular flexibility index (Phi) is 7.54. The number of nitrogens with zero attached hydrogens (tertiary/aromatic N) is 1. The molecule has 1 aliphatic heterocycles. The van der Waals surface area contributed by atoms with E-state index in [-0.39, 0.29) is 12.3 Å². The zero-order valence-corrected chi connectivity index (χ0v) is 13.5. The van der Waals surface area contributed by atoms with Gasteiger partial charge in [-0.1, -0.05) is 37.6 Å². The lowest BCUT2D eigenvalue weighted by molar-refractivity contribution is -0.120.